The van der Waals surface area contributed by atoms with Crippen molar-refractivity contribution in [2.24, 2.45) is 5.92 Å². The Labute approximate surface area is 149 Å². The molecule has 1 unspecified atom stereocenters. The molecular formula is C19H21F3O4. The Kier molecular flexibility index (Phi) is 5.16. The summed E-state index contributed by atoms with van der Waals surface area (Å²) < 4.78 is 50.5. The molecule has 26 heavy (non-hydrogen) atoms. The van der Waals surface area contributed by atoms with Crippen molar-refractivity contribution in [3.8, 4) is 11.5 Å². The molecule has 142 valence electrons. The van der Waals surface area contributed by atoms with Crippen LogP contribution >= 0.6 is 0 Å². The highest BCUT2D eigenvalue weighted by molar-refractivity contribution is 5.95. The SMILES string of the molecule is CCc1cc2c(cc1OCC1CCCC1)OC(C(F)(F)F)C(C(=O)O)=C2. The molecule has 7 heteroatoms. The molecule has 0 amide bonds. The molecule has 1 saturated carbocycles. The number of halogens is 3. The maximum absolute atomic E-state index is 13.2. The van der Waals surface area contributed by atoms with Gasteiger partial charge >= 0.3 is 12.1 Å². The Morgan fingerprint density at radius 3 is 2.58 bits per heavy atom. The molecule has 1 aliphatic carbocycles. The molecule has 1 aliphatic heterocycles. The van der Waals surface area contributed by atoms with Gasteiger partial charge in [0.2, 0.25) is 6.10 Å². The van der Waals surface area contributed by atoms with E-state index in [2.05, 4.69) is 0 Å². The number of aryl methyl sites for hydroxylation is 1. The summed E-state index contributed by atoms with van der Waals surface area (Å²) in [5, 5.41) is 9.11. The van der Waals surface area contributed by atoms with Gasteiger partial charge in [0.05, 0.1) is 12.2 Å². The van der Waals surface area contributed by atoms with Gasteiger partial charge in [0.1, 0.15) is 11.5 Å². The van der Waals surface area contributed by atoms with Crippen LogP contribution in [0.2, 0.25) is 0 Å². The fourth-order valence-electron chi connectivity index (χ4n) is 3.49. The van der Waals surface area contributed by atoms with Crippen LogP contribution in [0.5, 0.6) is 11.5 Å². The maximum atomic E-state index is 13.2. The highest BCUT2D eigenvalue weighted by Crippen LogP contribution is 2.40. The molecule has 1 aromatic rings. The zero-order valence-electron chi connectivity index (χ0n) is 14.4. The van der Waals surface area contributed by atoms with Gasteiger partial charge in [0.15, 0.2) is 0 Å². The zero-order valence-corrected chi connectivity index (χ0v) is 14.4. The van der Waals surface area contributed by atoms with E-state index in [9.17, 15) is 18.0 Å². The Morgan fingerprint density at radius 2 is 2.00 bits per heavy atom. The number of hydrogen-bond donors (Lipinski definition) is 1. The summed E-state index contributed by atoms with van der Waals surface area (Å²) in [6.45, 7) is 2.44. The minimum Gasteiger partial charge on any atom is -0.493 e. The average molecular weight is 370 g/mol. The number of hydrogen-bond acceptors (Lipinski definition) is 3. The van der Waals surface area contributed by atoms with Crippen molar-refractivity contribution in [3.05, 3.63) is 28.8 Å². The quantitative estimate of drug-likeness (QED) is 0.822. The standard InChI is InChI=1S/C19H21F3O4/c1-2-12-7-13-8-14(18(23)24)17(19(20,21)22)26-16(13)9-15(12)25-10-11-5-3-4-6-11/h7-9,11,17H,2-6,10H2,1H3,(H,23,24). The Hall–Kier alpha value is -2.18. The van der Waals surface area contributed by atoms with Crippen molar-refractivity contribution in [2.75, 3.05) is 6.61 Å². The topological polar surface area (TPSA) is 55.8 Å². The van der Waals surface area contributed by atoms with Crippen LogP contribution in [0.15, 0.2) is 17.7 Å². The molecule has 0 spiro atoms. The first-order valence-electron chi connectivity index (χ1n) is 8.77. The minimum absolute atomic E-state index is 0.00375. The van der Waals surface area contributed by atoms with E-state index in [1.54, 1.807) is 6.07 Å². The van der Waals surface area contributed by atoms with Crippen molar-refractivity contribution in [3.63, 3.8) is 0 Å². The number of carbonyl (C=O) groups is 1. The van der Waals surface area contributed by atoms with Gasteiger partial charge in [-0.2, -0.15) is 13.2 Å². The molecule has 1 atom stereocenters. The molecule has 0 bridgehead atoms. The van der Waals surface area contributed by atoms with Gasteiger partial charge < -0.3 is 14.6 Å². The highest BCUT2D eigenvalue weighted by Gasteiger charge is 2.48. The summed E-state index contributed by atoms with van der Waals surface area (Å²) >= 11 is 0. The third-order valence-corrected chi connectivity index (χ3v) is 4.91. The molecule has 2 aliphatic rings. The fourth-order valence-corrected chi connectivity index (χ4v) is 3.49. The second-order valence-electron chi connectivity index (χ2n) is 6.76. The predicted octanol–water partition coefficient (Wildman–Crippen LogP) is 4.61. The van der Waals surface area contributed by atoms with Crippen molar-refractivity contribution in [1.82, 2.24) is 0 Å². The first-order valence-corrected chi connectivity index (χ1v) is 8.77. The fraction of sp³-hybridized carbons (Fsp3) is 0.526. The first kappa shape index (κ1) is 18.6. The third kappa shape index (κ3) is 3.81. The van der Waals surface area contributed by atoms with Gasteiger partial charge in [-0.3, -0.25) is 0 Å². The van der Waals surface area contributed by atoms with Gasteiger partial charge in [0, 0.05) is 11.6 Å². The van der Waals surface area contributed by atoms with E-state index in [1.807, 2.05) is 6.92 Å². The smallest absolute Gasteiger partial charge is 0.430 e. The monoisotopic (exact) mass is 370 g/mol. The average Bonchev–Trinajstić information content (AvgIpc) is 3.10. The molecule has 0 aromatic heterocycles. The number of ether oxygens (including phenoxy) is 2. The number of carboxylic acids is 1. The summed E-state index contributed by atoms with van der Waals surface area (Å²) in [6.07, 6.45) is -1.08. The van der Waals surface area contributed by atoms with E-state index in [1.165, 1.54) is 18.9 Å². The summed E-state index contributed by atoms with van der Waals surface area (Å²) in [4.78, 5) is 11.2. The molecular weight excluding hydrogens is 349 g/mol. The molecule has 0 saturated heterocycles. The van der Waals surface area contributed by atoms with E-state index in [0.717, 1.165) is 24.5 Å². The Morgan fingerprint density at radius 1 is 1.31 bits per heavy atom. The number of fused-ring (bicyclic) bond motifs is 1. The van der Waals surface area contributed by atoms with Crippen LogP contribution in [0, 0.1) is 5.92 Å². The van der Waals surface area contributed by atoms with Gasteiger partial charge in [0.25, 0.3) is 0 Å². The van der Waals surface area contributed by atoms with E-state index >= 15 is 0 Å². The summed E-state index contributed by atoms with van der Waals surface area (Å²) in [5.41, 5.74) is 0.330. The zero-order chi connectivity index (χ0) is 18.9. The van der Waals surface area contributed by atoms with Crippen LogP contribution < -0.4 is 9.47 Å². The van der Waals surface area contributed by atoms with Gasteiger partial charge in [-0.1, -0.05) is 19.8 Å². The molecule has 1 heterocycles. The number of aliphatic carboxylic acids is 1. The molecule has 1 fully saturated rings. The van der Waals surface area contributed by atoms with Crippen LogP contribution in [0.4, 0.5) is 13.2 Å². The second-order valence-corrected chi connectivity index (χ2v) is 6.76. The Bertz CT molecular complexity index is 718. The molecule has 4 nitrogen and oxygen atoms in total. The molecule has 3 rings (SSSR count). The van der Waals surface area contributed by atoms with Gasteiger partial charge in [-0.05, 0) is 42.9 Å². The number of benzene rings is 1. The predicted molar refractivity (Wildman–Crippen MR) is 89.4 cm³/mol. The minimum atomic E-state index is -4.81. The molecule has 1 N–H and O–H groups in total. The lowest BCUT2D eigenvalue weighted by atomic mass is 9.98. The lowest BCUT2D eigenvalue weighted by molar-refractivity contribution is -0.187. The molecule has 0 radical (unpaired) electrons. The van der Waals surface area contributed by atoms with E-state index < -0.39 is 23.8 Å². The van der Waals surface area contributed by atoms with Crippen LogP contribution in [0.3, 0.4) is 0 Å². The summed E-state index contributed by atoms with van der Waals surface area (Å²) in [6, 6.07) is 3.10. The Balaban J connectivity index is 1.91. The first-order chi connectivity index (χ1) is 12.3. The maximum Gasteiger partial charge on any atom is 0.430 e. The van der Waals surface area contributed by atoms with Crippen LogP contribution in [-0.4, -0.2) is 30.0 Å². The number of alkyl halides is 3. The highest BCUT2D eigenvalue weighted by atomic mass is 19.4. The number of rotatable bonds is 5. The van der Waals surface area contributed by atoms with Crippen LogP contribution in [-0.2, 0) is 11.2 Å². The van der Waals surface area contributed by atoms with Crippen LogP contribution in [0.25, 0.3) is 6.08 Å². The second kappa shape index (κ2) is 7.21. The number of carboxylic acid groups (broad SMARTS) is 1. The van der Waals surface area contributed by atoms with E-state index in [4.69, 9.17) is 14.6 Å². The van der Waals surface area contributed by atoms with Crippen molar-refractivity contribution in [1.29, 1.82) is 0 Å². The summed E-state index contributed by atoms with van der Waals surface area (Å²) in [5.74, 6) is -0.669. The lowest BCUT2D eigenvalue weighted by Crippen LogP contribution is -2.40. The van der Waals surface area contributed by atoms with Crippen molar-refractivity contribution in [2.45, 2.75) is 51.3 Å². The van der Waals surface area contributed by atoms with Gasteiger partial charge in [-0.25, -0.2) is 4.79 Å². The third-order valence-electron chi connectivity index (χ3n) is 4.91. The van der Waals surface area contributed by atoms with Crippen molar-refractivity contribution < 1.29 is 32.5 Å². The largest absolute Gasteiger partial charge is 0.493 e. The lowest BCUT2D eigenvalue weighted by Gasteiger charge is -2.28. The normalized spacial score (nSPS) is 20.3. The summed E-state index contributed by atoms with van der Waals surface area (Å²) in [7, 11) is 0. The van der Waals surface area contributed by atoms with E-state index in [0.29, 0.717) is 30.3 Å². The van der Waals surface area contributed by atoms with E-state index in [-0.39, 0.29) is 5.75 Å². The van der Waals surface area contributed by atoms with Crippen LogP contribution in [0.1, 0.15) is 43.7 Å². The van der Waals surface area contributed by atoms with Crippen molar-refractivity contribution >= 4 is 12.0 Å². The molecule has 1 aromatic carbocycles. The van der Waals surface area contributed by atoms with Gasteiger partial charge in [-0.15, -0.1) is 0 Å².